The van der Waals surface area contributed by atoms with Gasteiger partial charge in [-0.3, -0.25) is 0 Å². The molecule has 0 spiro atoms. The highest BCUT2D eigenvalue weighted by atomic mass is 15.4. The van der Waals surface area contributed by atoms with Gasteiger partial charge in [0.1, 0.15) is 0 Å². The molecule has 0 aliphatic carbocycles. The fraction of sp³-hybridized carbons (Fsp3) is 0.302. The monoisotopic (exact) mass is 631 g/mol. The van der Waals surface area contributed by atoms with Crippen LogP contribution in [-0.4, -0.2) is 25.0 Å². The number of hydrogen-bond donors (Lipinski definition) is 0. The van der Waals surface area contributed by atoms with Crippen LogP contribution >= 0.6 is 0 Å². The number of aryl methyl sites for hydroxylation is 12. The maximum Gasteiger partial charge on any atom is 0.151 e. The molecule has 0 amide bonds. The van der Waals surface area contributed by atoms with Crippen LogP contribution in [0.1, 0.15) is 66.8 Å². The standard InChI is InChI=1S/C43H51B2N3/c1-25-17-29(5)38(30(6)18-25)37-13-14-46(39-31(7)19-26(2)20-32(39)8)42(37)44-45-43-47(40-33(9)21-27(3)22-34(40)10)15-16-48(43)41-35(11)23-28(4)24-36(41)12/h13-24,43-45H,1-12H3. The highest BCUT2D eigenvalue weighted by Gasteiger charge is 2.33. The van der Waals surface area contributed by atoms with E-state index < -0.39 is 0 Å². The molecule has 3 nitrogen and oxygen atoms in total. The second-order valence-electron chi connectivity index (χ2n) is 14.7. The minimum atomic E-state index is 0.127. The summed E-state index contributed by atoms with van der Waals surface area (Å²) in [6, 6.07) is 21.1. The summed E-state index contributed by atoms with van der Waals surface area (Å²) < 4.78 is 2.50. The maximum absolute atomic E-state index is 2.54. The third-order valence-corrected chi connectivity index (χ3v) is 10.3. The summed E-state index contributed by atoms with van der Waals surface area (Å²) in [4.78, 5) is 5.08. The van der Waals surface area contributed by atoms with Gasteiger partial charge in [-0.05, 0) is 150 Å². The average Bonchev–Trinajstić information content (AvgIpc) is 3.54. The Morgan fingerprint density at radius 2 is 0.812 bits per heavy atom. The zero-order valence-corrected chi connectivity index (χ0v) is 31.3. The first-order valence-corrected chi connectivity index (χ1v) is 17.5. The average molecular weight is 632 g/mol. The lowest BCUT2D eigenvalue weighted by Crippen LogP contribution is -2.49. The van der Waals surface area contributed by atoms with Crippen molar-refractivity contribution in [3.8, 4) is 16.8 Å². The van der Waals surface area contributed by atoms with Crippen LogP contribution < -0.4 is 15.4 Å². The molecule has 0 atom stereocenters. The van der Waals surface area contributed by atoms with Gasteiger partial charge in [0.2, 0.25) is 0 Å². The van der Waals surface area contributed by atoms with E-state index in [0.717, 1.165) is 14.3 Å². The lowest BCUT2D eigenvalue weighted by atomic mass is 9.35. The minimum Gasteiger partial charge on any atom is -0.333 e. The number of rotatable bonds is 7. The Morgan fingerprint density at radius 3 is 1.21 bits per heavy atom. The van der Waals surface area contributed by atoms with Crippen LogP contribution in [0.3, 0.4) is 0 Å². The molecule has 0 saturated heterocycles. The van der Waals surface area contributed by atoms with Gasteiger partial charge >= 0.3 is 0 Å². The lowest BCUT2D eigenvalue weighted by molar-refractivity contribution is 0.879. The molecule has 0 bridgehead atoms. The van der Waals surface area contributed by atoms with Crippen LogP contribution in [0.5, 0.6) is 0 Å². The Labute approximate surface area is 290 Å². The van der Waals surface area contributed by atoms with Crippen LogP contribution in [0.15, 0.2) is 73.2 Å². The SMILES string of the molecule is Cc1cc(C)c(-c2ccn(-c3c(C)cc(C)cc3C)c2BBC2N(c3c(C)cc(C)cc3C)C=CN2c2c(C)cc(C)cc2C)c(C)c1. The second-order valence-corrected chi connectivity index (χ2v) is 14.7. The molecule has 4 aromatic carbocycles. The van der Waals surface area contributed by atoms with Crippen molar-refractivity contribution >= 4 is 31.3 Å². The molecule has 1 aliphatic heterocycles. The molecule has 0 unspecified atom stereocenters. The predicted molar refractivity (Wildman–Crippen MR) is 213 cm³/mol. The fourth-order valence-electron chi connectivity index (χ4n) is 8.94. The number of nitrogens with zero attached hydrogens (tertiary/aromatic N) is 3. The van der Waals surface area contributed by atoms with Gasteiger partial charge in [0.15, 0.2) is 14.3 Å². The van der Waals surface area contributed by atoms with E-state index in [0.29, 0.717) is 0 Å². The van der Waals surface area contributed by atoms with Crippen LogP contribution in [0.25, 0.3) is 16.8 Å². The van der Waals surface area contributed by atoms with Crippen LogP contribution in [-0.2, 0) is 0 Å². The highest BCUT2D eigenvalue weighted by molar-refractivity contribution is 7.08. The predicted octanol–water partition coefficient (Wildman–Crippen LogP) is 9.04. The van der Waals surface area contributed by atoms with E-state index in [-0.39, 0.29) is 6.07 Å². The number of anilines is 2. The number of benzene rings is 4. The minimum absolute atomic E-state index is 0.127. The molecule has 0 N–H and O–H groups in total. The van der Waals surface area contributed by atoms with Crippen LogP contribution in [0.4, 0.5) is 11.4 Å². The smallest absolute Gasteiger partial charge is 0.151 e. The third kappa shape index (κ3) is 6.04. The molecule has 1 aromatic heterocycles. The first-order valence-electron chi connectivity index (χ1n) is 17.5. The normalized spacial score (nSPS) is 13.2. The summed E-state index contributed by atoms with van der Waals surface area (Å²) in [5.41, 5.74) is 23.9. The molecule has 48 heavy (non-hydrogen) atoms. The van der Waals surface area contributed by atoms with Gasteiger partial charge < -0.3 is 14.4 Å². The summed E-state index contributed by atoms with van der Waals surface area (Å²) in [5, 5.41) is 0. The maximum atomic E-state index is 2.54. The van der Waals surface area contributed by atoms with E-state index in [1.807, 2.05) is 0 Å². The van der Waals surface area contributed by atoms with E-state index in [4.69, 9.17) is 0 Å². The zero-order valence-electron chi connectivity index (χ0n) is 31.3. The van der Waals surface area contributed by atoms with Gasteiger partial charge in [-0.25, -0.2) is 0 Å². The summed E-state index contributed by atoms with van der Waals surface area (Å²) >= 11 is 0. The summed E-state index contributed by atoms with van der Waals surface area (Å²) in [5.74, 6) is 0. The van der Waals surface area contributed by atoms with Crippen LogP contribution in [0.2, 0.25) is 0 Å². The van der Waals surface area contributed by atoms with E-state index in [2.05, 4.69) is 171 Å². The highest BCUT2D eigenvalue weighted by Crippen LogP contribution is 2.37. The molecule has 5 heteroatoms. The molecule has 1 aliphatic rings. The Kier molecular flexibility index (Phi) is 9.02. The Bertz CT molecular complexity index is 1850. The molecule has 244 valence electrons. The number of aromatic nitrogens is 1. The summed E-state index contributed by atoms with van der Waals surface area (Å²) in [7, 11) is 1.88. The topological polar surface area (TPSA) is 11.4 Å². The molecule has 0 radical (unpaired) electrons. The van der Waals surface area contributed by atoms with Gasteiger partial charge in [0.25, 0.3) is 0 Å². The summed E-state index contributed by atoms with van der Waals surface area (Å²) in [6.45, 7) is 26.9. The van der Waals surface area contributed by atoms with Crippen molar-refractivity contribution in [3.63, 3.8) is 0 Å². The van der Waals surface area contributed by atoms with Crippen molar-refractivity contribution in [2.75, 3.05) is 9.80 Å². The second kappa shape index (κ2) is 12.9. The zero-order chi connectivity index (χ0) is 34.6. The van der Waals surface area contributed by atoms with Crippen molar-refractivity contribution in [1.29, 1.82) is 0 Å². The van der Waals surface area contributed by atoms with E-state index in [1.165, 1.54) is 101 Å². The Hall–Kier alpha value is -4.37. The van der Waals surface area contributed by atoms with Crippen molar-refractivity contribution in [2.45, 2.75) is 89.1 Å². The van der Waals surface area contributed by atoms with Gasteiger partial charge in [-0.2, -0.15) is 0 Å². The molecular weight excluding hydrogens is 580 g/mol. The summed E-state index contributed by atoms with van der Waals surface area (Å²) in [6.07, 6.45) is 6.95. The Morgan fingerprint density at radius 1 is 0.458 bits per heavy atom. The molecule has 2 heterocycles. The molecule has 6 rings (SSSR count). The molecular formula is C43H51B2N3. The third-order valence-electron chi connectivity index (χ3n) is 10.3. The van der Waals surface area contributed by atoms with E-state index >= 15 is 0 Å². The van der Waals surface area contributed by atoms with Crippen molar-refractivity contribution in [2.24, 2.45) is 0 Å². The van der Waals surface area contributed by atoms with E-state index in [1.54, 1.807) is 0 Å². The number of hydrogen-bond acceptors (Lipinski definition) is 2. The van der Waals surface area contributed by atoms with Crippen molar-refractivity contribution in [1.82, 2.24) is 4.57 Å². The first-order chi connectivity index (χ1) is 22.7. The fourth-order valence-corrected chi connectivity index (χ4v) is 8.94. The van der Waals surface area contributed by atoms with Crippen LogP contribution in [0, 0.1) is 83.1 Å². The largest absolute Gasteiger partial charge is 0.333 e. The van der Waals surface area contributed by atoms with Gasteiger partial charge in [0, 0.05) is 30.0 Å². The van der Waals surface area contributed by atoms with Gasteiger partial charge in [-0.1, -0.05) is 70.8 Å². The van der Waals surface area contributed by atoms with Gasteiger partial charge in [0.05, 0.1) is 11.8 Å². The molecule has 0 saturated carbocycles. The molecule has 0 fully saturated rings. The first kappa shape index (κ1) is 33.5. The van der Waals surface area contributed by atoms with Crippen molar-refractivity contribution < 1.29 is 0 Å². The Balaban J connectivity index is 1.52. The lowest BCUT2D eigenvalue weighted by Gasteiger charge is -2.36. The quantitative estimate of drug-likeness (QED) is 0.166. The van der Waals surface area contributed by atoms with Crippen molar-refractivity contribution in [3.05, 3.63) is 140 Å². The van der Waals surface area contributed by atoms with Gasteiger partial charge in [-0.15, -0.1) is 0 Å². The van der Waals surface area contributed by atoms with E-state index in [9.17, 15) is 0 Å². The molecule has 5 aromatic rings.